The fourth-order valence-electron chi connectivity index (χ4n) is 5.89. The van der Waals surface area contributed by atoms with Crippen molar-refractivity contribution in [1.82, 2.24) is 20.4 Å². The first kappa shape index (κ1) is 19.9. The Labute approximate surface area is 190 Å². The van der Waals surface area contributed by atoms with Gasteiger partial charge in [-0.1, -0.05) is 17.3 Å². The number of hydrogen-bond acceptors (Lipinski definition) is 7. The third-order valence-corrected chi connectivity index (χ3v) is 8.44. The third kappa shape index (κ3) is 3.23. The Bertz CT molecular complexity index is 1110. The standard InChI is InChI=1S/C24H26N4O3S/c1-30-17-6-4-16(5-7-17)24(8-9-24)23-27-22(31-28-23)20-15-3-2-14(12-15)19(20)21(29)26-13-18-25-10-11-32-18/h4-7,10-11,14-15,19-20H,2-3,8-9,12-13H2,1H3,(H,26,29)/t14-,15+,19-,20-/m0/s1. The number of benzene rings is 1. The van der Waals surface area contributed by atoms with Gasteiger partial charge in [0.05, 0.1) is 30.9 Å². The van der Waals surface area contributed by atoms with E-state index in [4.69, 9.17) is 14.2 Å². The molecule has 0 unspecified atom stereocenters. The number of aromatic nitrogens is 3. The van der Waals surface area contributed by atoms with Crippen molar-refractivity contribution in [2.24, 2.45) is 17.8 Å². The first-order valence-corrected chi connectivity index (χ1v) is 12.2. The zero-order valence-electron chi connectivity index (χ0n) is 18.0. The Morgan fingerprint density at radius 1 is 1.25 bits per heavy atom. The molecule has 3 saturated carbocycles. The number of ether oxygens (including phenoxy) is 1. The van der Waals surface area contributed by atoms with Crippen molar-refractivity contribution in [1.29, 1.82) is 0 Å². The van der Waals surface area contributed by atoms with Gasteiger partial charge >= 0.3 is 0 Å². The van der Waals surface area contributed by atoms with Gasteiger partial charge in [0.2, 0.25) is 11.8 Å². The van der Waals surface area contributed by atoms with Crippen molar-refractivity contribution in [2.75, 3.05) is 7.11 Å². The maximum atomic E-state index is 13.2. The topological polar surface area (TPSA) is 90.1 Å². The number of rotatable bonds is 7. The summed E-state index contributed by atoms with van der Waals surface area (Å²) < 4.78 is 11.1. The molecule has 1 amide bonds. The van der Waals surface area contributed by atoms with E-state index in [0.717, 1.165) is 48.7 Å². The van der Waals surface area contributed by atoms with Crippen LogP contribution in [0.25, 0.3) is 0 Å². The summed E-state index contributed by atoms with van der Waals surface area (Å²) in [5.74, 6) is 3.08. The van der Waals surface area contributed by atoms with Crippen LogP contribution in [0.1, 0.15) is 60.3 Å². The number of thiazole rings is 1. The zero-order valence-corrected chi connectivity index (χ0v) is 18.8. The lowest BCUT2D eigenvalue weighted by atomic mass is 9.78. The van der Waals surface area contributed by atoms with Crippen LogP contribution in [0.3, 0.4) is 0 Å². The summed E-state index contributed by atoms with van der Waals surface area (Å²) in [5, 5.41) is 10.4. The van der Waals surface area contributed by atoms with Gasteiger partial charge in [0.15, 0.2) is 5.82 Å². The van der Waals surface area contributed by atoms with Gasteiger partial charge in [-0.25, -0.2) is 4.98 Å². The minimum atomic E-state index is -0.172. The van der Waals surface area contributed by atoms with Gasteiger partial charge in [-0.05, 0) is 61.6 Å². The van der Waals surface area contributed by atoms with Crippen LogP contribution in [-0.4, -0.2) is 28.1 Å². The maximum absolute atomic E-state index is 13.2. The lowest BCUT2D eigenvalue weighted by Gasteiger charge is -2.27. The molecule has 3 fully saturated rings. The molecule has 1 N–H and O–H groups in total. The van der Waals surface area contributed by atoms with Crippen LogP contribution in [0.15, 0.2) is 40.4 Å². The van der Waals surface area contributed by atoms with Crippen molar-refractivity contribution < 1.29 is 14.1 Å². The summed E-state index contributed by atoms with van der Waals surface area (Å²) in [6, 6.07) is 8.15. The van der Waals surface area contributed by atoms with E-state index >= 15 is 0 Å². The van der Waals surface area contributed by atoms with Gasteiger partial charge in [0.1, 0.15) is 10.8 Å². The quantitative estimate of drug-likeness (QED) is 0.584. The van der Waals surface area contributed by atoms with Gasteiger partial charge in [0, 0.05) is 11.6 Å². The van der Waals surface area contributed by atoms with E-state index in [-0.39, 0.29) is 23.2 Å². The average Bonchev–Trinajstić information content (AvgIpc) is 3.33. The highest BCUT2D eigenvalue weighted by Gasteiger charge is 2.55. The van der Waals surface area contributed by atoms with Gasteiger partial charge in [-0.15, -0.1) is 11.3 Å². The molecule has 32 heavy (non-hydrogen) atoms. The molecule has 0 radical (unpaired) electrons. The summed E-state index contributed by atoms with van der Waals surface area (Å²) in [5.41, 5.74) is 1.02. The summed E-state index contributed by atoms with van der Waals surface area (Å²) in [7, 11) is 1.67. The van der Waals surface area contributed by atoms with E-state index in [1.165, 1.54) is 5.56 Å². The lowest BCUT2D eigenvalue weighted by molar-refractivity contribution is -0.127. The Kier molecular flexibility index (Phi) is 4.78. The minimum absolute atomic E-state index is 0.0120. The molecule has 3 aromatic rings. The SMILES string of the molecule is COc1ccc(C2(c3noc([C@H]4[C@@H]5CC[C@@H](C5)[C@@H]4C(=O)NCc4nccs4)n3)CC2)cc1. The minimum Gasteiger partial charge on any atom is -0.497 e. The van der Waals surface area contributed by atoms with Crippen LogP contribution in [0.2, 0.25) is 0 Å². The number of nitrogens with zero attached hydrogens (tertiary/aromatic N) is 3. The molecule has 0 spiro atoms. The Balaban J connectivity index is 1.24. The molecule has 6 rings (SSSR count). The smallest absolute Gasteiger partial charge is 0.230 e. The number of fused-ring (bicyclic) bond motifs is 2. The van der Waals surface area contributed by atoms with Crippen molar-refractivity contribution in [3.63, 3.8) is 0 Å². The second-order valence-electron chi connectivity index (χ2n) is 9.30. The first-order chi connectivity index (χ1) is 15.7. The highest BCUT2D eigenvalue weighted by molar-refractivity contribution is 7.09. The fourth-order valence-corrected chi connectivity index (χ4v) is 6.44. The van der Waals surface area contributed by atoms with E-state index in [2.05, 4.69) is 27.6 Å². The molecule has 3 aliphatic carbocycles. The number of nitrogens with one attached hydrogen (secondary N) is 1. The second-order valence-corrected chi connectivity index (χ2v) is 10.3. The normalized spacial score (nSPS) is 27.4. The highest BCUT2D eigenvalue weighted by atomic mass is 32.1. The number of carbonyl (C=O) groups excluding carboxylic acids is 1. The number of methoxy groups -OCH3 is 1. The molecule has 0 saturated heterocycles. The van der Waals surface area contributed by atoms with Gasteiger partial charge in [0.25, 0.3) is 0 Å². The molecule has 0 aliphatic heterocycles. The Morgan fingerprint density at radius 2 is 2.06 bits per heavy atom. The lowest BCUT2D eigenvalue weighted by Crippen LogP contribution is -2.37. The van der Waals surface area contributed by atoms with E-state index in [0.29, 0.717) is 24.3 Å². The summed E-state index contributed by atoms with van der Waals surface area (Å²) in [6.07, 6.45) is 7.09. The van der Waals surface area contributed by atoms with E-state index in [1.807, 2.05) is 17.5 Å². The van der Waals surface area contributed by atoms with E-state index in [1.54, 1.807) is 24.6 Å². The van der Waals surface area contributed by atoms with Crippen LogP contribution >= 0.6 is 11.3 Å². The number of amides is 1. The van der Waals surface area contributed by atoms with Crippen LogP contribution in [0, 0.1) is 17.8 Å². The molecular formula is C24H26N4O3S. The van der Waals surface area contributed by atoms with Crippen molar-refractivity contribution >= 4 is 17.2 Å². The predicted molar refractivity (Wildman–Crippen MR) is 118 cm³/mol. The van der Waals surface area contributed by atoms with E-state index in [9.17, 15) is 4.79 Å². The average molecular weight is 451 g/mol. The highest BCUT2D eigenvalue weighted by Crippen LogP contribution is 2.57. The van der Waals surface area contributed by atoms with Crippen molar-refractivity contribution in [3.8, 4) is 5.75 Å². The third-order valence-electron chi connectivity index (χ3n) is 7.66. The Hall–Kier alpha value is -2.74. The zero-order chi connectivity index (χ0) is 21.7. The molecule has 2 bridgehead atoms. The number of carbonyl (C=O) groups is 1. The molecule has 2 aromatic heterocycles. The molecule has 4 atom stereocenters. The van der Waals surface area contributed by atoms with Crippen LogP contribution < -0.4 is 10.1 Å². The molecule has 7 nitrogen and oxygen atoms in total. The van der Waals surface area contributed by atoms with Crippen molar-refractivity contribution in [3.05, 3.63) is 58.1 Å². The fraction of sp³-hybridized carbons (Fsp3) is 0.500. The molecule has 8 heteroatoms. The van der Waals surface area contributed by atoms with Crippen molar-refractivity contribution in [2.45, 2.75) is 50.0 Å². The second kappa shape index (κ2) is 7.69. The monoisotopic (exact) mass is 450 g/mol. The van der Waals surface area contributed by atoms with Crippen LogP contribution in [-0.2, 0) is 16.8 Å². The van der Waals surface area contributed by atoms with Gasteiger partial charge < -0.3 is 14.6 Å². The summed E-state index contributed by atoms with van der Waals surface area (Å²) in [6.45, 7) is 0.479. The van der Waals surface area contributed by atoms with Gasteiger partial charge in [-0.3, -0.25) is 4.79 Å². The Morgan fingerprint density at radius 3 is 2.78 bits per heavy atom. The molecule has 1 aromatic carbocycles. The summed E-state index contributed by atoms with van der Waals surface area (Å²) >= 11 is 1.56. The van der Waals surface area contributed by atoms with Crippen LogP contribution in [0.4, 0.5) is 0 Å². The molecular weight excluding hydrogens is 424 g/mol. The predicted octanol–water partition coefficient (Wildman–Crippen LogP) is 4.06. The molecule has 166 valence electrons. The van der Waals surface area contributed by atoms with Gasteiger partial charge in [-0.2, -0.15) is 4.98 Å². The largest absolute Gasteiger partial charge is 0.497 e. The molecule has 2 heterocycles. The number of hydrogen-bond donors (Lipinski definition) is 1. The first-order valence-electron chi connectivity index (χ1n) is 11.3. The molecule has 3 aliphatic rings. The summed E-state index contributed by atoms with van der Waals surface area (Å²) in [4.78, 5) is 22.4. The van der Waals surface area contributed by atoms with E-state index < -0.39 is 0 Å². The maximum Gasteiger partial charge on any atom is 0.230 e. The van der Waals surface area contributed by atoms with Crippen LogP contribution in [0.5, 0.6) is 5.75 Å².